The van der Waals surface area contributed by atoms with Crippen LogP contribution in [0.15, 0.2) is 196 Å². The number of hydrogen-bond acceptors (Lipinski definition) is 5. The van der Waals surface area contributed by atoms with Gasteiger partial charge in [0.1, 0.15) is 40.5 Å². The van der Waals surface area contributed by atoms with Crippen LogP contribution < -0.4 is 10.6 Å². The number of hydrogen-bond donors (Lipinski definition) is 2. The van der Waals surface area contributed by atoms with E-state index in [4.69, 9.17) is 13.8 Å². The zero-order valence-corrected chi connectivity index (χ0v) is 32.5. The first-order valence-electron chi connectivity index (χ1n) is 20.8. The van der Waals surface area contributed by atoms with Gasteiger partial charge in [0.05, 0.1) is 0 Å². The smallest absolute Gasteiger partial charge is 0.143 e. The molecule has 60 heavy (non-hydrogen) atoms. The molecule has 3 aliphatic rings. The third-order valence-corrected chi connectivity index (χ3v) is 12.9. The lowest BCUT2D eigenvalue weighted by Crippen LogP contribution is -2.46. The Hall–Kier alpha value is -7.47. The highest BCUT2D eigenvalue weighted by Crippen LogP contribution is 2.57. The molecular formula is C55H37N3O2. The minimum atomic E-state index is -0.196. The van der Waals surface area contributed by atoms with Gasteiger partial charge in [-0.15, -0.1) is 0 Å². The zero-order chi connectivity index (χ0) is 39.3. The molecule has 0 fully saturated rings. The highest BCUT2D eigenvalue weighted by molar-refractivity contribution is 6.18. The van der Waals surface area contributed by atoms with Gasteiger partial charge in [-0.05, 0) is 74.2 Å². The first-order valence-corrected chi connectivity index (χ1v) is 20.8. The summed E-state index contributed by atoms with van der Waals surface area (Å²) >= 11 is 0. The maximum Gasteiger partial charge on any atom is 0.143 e. The molecule has 0 saturated carbocycles. The molecule has 10 aromatic rings. The standard InChI is InChI=1S/C55H37N3O2/c1-3-14-32(15-4-1)53-56-54(33-16-5-2-6-17-33)58-55(57-53)43-30-31-45-48-36(43)20-11-25-44(48)49-37(41-23-12-21-39-34-18-7-9-26-46(34)59-51(39)41)28-29-38(50(45)49)42-24-13-22-40-35-19-8-10-27-47(35)60-52(40)42/h1-29,31,43,53-54,56H,30H2,(H,57,58). The van der Waals surface area contributed by atoms with Crippen LogP contribution in [-0.2, 0) is 0 Å². The van der Waals surface area contributed by atoms with Crippen LogP contribution in [0.5, 0.6) is 0 Å². The summed E-state index contributed by atoms with van der Waals surface area (Å²) in [4.78, 5) is 5.46. The van der Waals surface area contributed by atoms with E-state index in [9.17, 15) is 0 Å². The number of amidine groups is 1. The fourth-order valence-electron chi connectivity index (χ4n) is 10.2. The van der Waals surface area contributed by atoms with Crippen molar-refractivity contribution in [1.29, 1.82) is 0 Å². The minimum Gasteiger partial charge on any atom is -0.455 e. The molecule has 2 aliphatic carbocycles. The zero-order valence-electron chi connectivity index (χ0n) is 32.5. The van der Waals surface area contributed by atoms with Crippen molar-refractivity contribution in [3.63, 3.8) is 0 Å². The Morgan fingerprint density at radius 3 is 1.67 bits per heavy atom. The van der Waals surface area contributed by atoms with Crippen molar-refractivity contribution in [2.45, 2.75) is 24.7 Å². The summed E-state index contributed by atoms with van der Waals surface area (Å²) in [6.07, 6.45) is 2.98. The number of rotatable bonds is 5. The van der Waals surface area contributed by atoms with Crippen LogP contribution in [0.25, 0.3) is 82.8 Å². The van der Waals surface area contributed by atoms with Crippen molar-refractivity contribution in [2.24, 2.45) is 4.99 Å². The van der Waals surface area contributed by atoms with Gasteiger partial charge >= 0.3 is 0 Å². The van der Waals surface area contributed by atoms with Crippen LogP contribution >= 0.6 is 0 Å². The van der Waals surface area contributed by atoms with Gasteiger partial charge in [-0.3, -0.25) is 5.32 Å². The van der Waals surface area contributed by atoms with Gasteiger partial charge in [-0.2, -0.15) is 0 Å². The SMILES string of the molecule is C1=C2c3c(cccc3C(C3=NC(c4ccccc4)NC(c4ccccc4)N3)C1)-c1c(-c3cccc4c3oc3ccccc34)ccc(-c3cccc4c3oc3ccccc34)c12. The van der Waals surface area contributed by atoms with Crippen molar-refractivity contribution >= 4 is 55.3 Å². The van der Waals surface area contributed by atoms with Gasteiger partial charge < -0.3 is 14.2 Å². The van der Waals surface area contributed by atoms with Crippen LogP contribution in [-0.4, -0.2) is 5.84 Å². The summed E-state index contributed by atoms with van der Waals surface area (Å²) in [5, 5.41) is 12.2. The highest BCUT2D eigenvalue weighted by Gasteiger charge is 2.39. The first kappa shape index (κ1) is 33.5. The summed E-state index contributed by atoms with van der Waals surface area (Å²) in [5.41, 5.74) is 17.9. The Kier molecular flexibility index (Phi) is 7.27. The summed E-state index contributed by atoms with van der Waals surface area (Å²) in [6, 6.07) is 62.5. The van der Waals surface area contributed by atoms with Crippen molar-refractivity contribution in [1.82, 2.24) is 10.6 Å². The molecule has 0 spiro atoms. The molecule has 0 saturated heterocycles. The first-order chi connectivity index (χ1) is 29.8. The summed E-state index contributed by atoms with van der Waals surface area (Å²) < 4.78 is 13.4. The van der Waals surface area contributed by atoms with Gasteiger partial charge in [0.15, 0.2) is 0 Å². The number of nitrogens with one attached hydrogen (secondary N) is 2. The lowest BCUT2D eigenvalue weighted by Gasteiger charge is -2.36. The van der Waals surface area contributed by atoms with E-state index < -0.39 is 0 Å². The lowest BCUT2D eigenvalue weighted by atomic mass is 9.80. The topological polar surface area (TPSA) is 62.7 Å². The van der Waals surface area contributed by atoms with Crippen LogP contribution in [0.1, 0.15) is 52.5 Å². The monoisotopic (exact) mass is 771 g/mol. The molecule has 5 heteroatoms. The highest BCUT2D eigenvalue weighted by atomic mass is 16.3. The number of para-hydroxylation sites is 4. The fourth-order valence-corrected chi connectivity index (χ4v) is 10.2. The predicted molar refractivity (Wildman–Crippen MR) is 244 cm³/mol. The summed E-state index contributed by atoms with van der Waals surface area (Å²) in [7, 11) is 0. The van der Waals surface area contributed by atoms with Crippen LogP contribution in [0.4, 0.5) is 0 Å². The molecule has 284 valence electrons. The molecule has 5 nitrogen and oxygen atoms in total. The number of aliphatic imine (C=N–C) groups is 1. The molecule has 1 aliphatic heterocycles. The number of nitrogens with zero attached hydrogens (tertiary/aromatic N) is 1. The Bertz CT molecular complexity index is 3430. The third-order valence-electron chi connectivity index (χ3n) is 12.9. The molecule has 3 heterocycles. The molecule has 0 bridgehead atoms. The Morgan fingerprint density at radius 2 is 1.00 bits per heavy atom. The van der Waals surface area contributed by atoms with E-state index >= 15 is 0 Å². The molecule has 3 unspecified atom stereocenters. The van der Waals surface area contributed by atoms with Gasteiger partial charge in [-0.25, -0.2) is 4.99 Å². The van der Waals surface area contributed by atoms with Crippen molar-refractivity contribution in [3.05, 3.63) is 210 Å². The van der Waals surface area contributed by atoms with Gasteiger partial charge in [0.25, 0.3) is 0 Å². The van der Waals surface area contributed by atoms with Crippen molar-refractivity contribution in [3.8, 4) is 33.4 Å². The van der Waals surface area contributed by atoms with E-state index in [0.29, 0.717) is 0 Å². The number of allylic oxidation sites excluding steroid dienone is 1. The molecule has 3 atom stereocenters. The Morgan fingerprint density at radius 1 is 0.450 bits per heavy atom. The average molecular weight is 772 g/mol. The second kappa shape index (κ2) is 13.0. The summed E-state index contributed by atoms with van der Waals surface area (Å²) in [6.45, 7) is 0. The maximum absolute atomic E-state index is 6.71. The molecular weight excluding hydrogens is 735 g/mol. The maximum atomic E-state index is 6.71. The quantitative estimate of drug-likeness (QED) is 0.183. The molecule has 8 aromatic carbocycles. The Balaban J connectivity index is 1.04. The van der Waals surface area contributed by atoms with E-state index in [1.54, 1.807) is 0 Å². The van der Waals surface area contributed by atoms with Crippen molar-refractivity contribution < 1.29 is 8.83 Å². The second-order valence-corrected chi connectivity index (χ2v) is 16.1. The van der Waals surface area contributed by atoms with Crippen LogP contribution in [0, 0.1) is 0 Å². The van der Waals surface area contributed by atoms with E-state index in [1.807, 2.05) is 12.1 Å². The lowest BCUT2D eigenvalue weighted by molar-refractivity contribution is 0.401. The van der Waals surface area contributed by atoms with Crippen LogP contribution in [0.3, 0.4) is 0 Å². The van der Waals surface area contributed by atoms with Gasteiger partial charge in [0.2, 0.25) is 0 Å². The van der Waals surface area contributed by atoms with Crippen LogP contribution in [0.2, 0.25) is 0 Å². The predicted octanol–water partition coefficient (Wildman–Crippen LogP) is 13.7. The molecule has 2 aromatic heterocycles. The fraction of sp³-hybridized carbons (Fsp3) is 0.0727. The van der Waals surface area contributed by atoms with Gasteiger partial charge in [-0.1, -0.05) is 170 Å². The normalized spacial score (nSPS) is 18.0. The van der Waals surface area contributed by atoms with E-state index in [2.05, 4.69) is 181 Å². The average Bonchev–Trinajstić information content (AvgIpc) is 4.00. The van der Waals surface area contributed by atoms with Gasteiger partial charge in [0, 0.05) is 38.6 Å². The molecule has 2 N–H and O–H groups in total. The summed E-state index contributed by atoms with van der Waals surface area (Å²) in [5.74, 6) is 1.03. The Labute approximate surface area is 346 Å². The van der Waals surface area contributed by atoms with E-state index in [-0.39, 0.29) is 18.2 Å². The second-order valence-electron chi connectivity index (χ2n) is 16.1. The van der Waals surface area contributed by atoms with E-state index in [0.717, 1.165) is 84.0 Å². The third kappa shape index (κ3) is 4.93. The largest absolute Gasteiger partial charge is 0.455 e. The van der Waals surface area contributed by atoms with E-state index in [1.165, 1.54) is 39.0 Å². The minimum absolute atomic E-state index is 0.0297. The number of fused-ring (bicyclic) bond motifs is 9. The molecule has 0 radical (unpaired) electrons. The molecule has 0 amide bonds. The van der Waals surface area contributed by atoms with Crippen molar-refractivity contribution in [2.75, 3.05) is 0 Å². The molecule has 13 rings (SSSR count). The number of benzene rings is 8. The number of furan rings is 2.